The van der Waals surface area contributed by atoms with Crippen molar-refractivity contribution in [1.82, 2.24) is 0 Å². The maximum absolute atomic E-state index is 8.45. The third kappa shape index (κ3) is 1.73. The molecule has 0 aromatic carbocycles. The molecule has 0 spiro atoms. The Morgan fingerprint density at radius 2 is 2.56 bits per heavy atom. The zero-order valence-electron chi connectivity index (χ0n) is 5.10. The highest BCUT2D eigenvalue weighted by atomic mass is 35.5. The number of rotatable bonds is 0. The Kier molecular flexibility index (Phi) is 2.13. The normalized spacial score (nSPS) is 26.7. The Bertz CT molecular complexity index is 166. The molecule has 1 nitrogen and oxygen atoms in total. The van der Waals surface area contributed by atoms with E-state index in [2.05, 4.69) is 6.07 Å². The van der Waals surface area contributed by atoms with Crippen molar-refractivity contribution in [2.24, 2.45) is 5.92 Å². The molecule has 0 radical (unpaired) electrons. The molecule has 0 saturated heterocycles. The number of allylic oxidation sites excluding steroid dienone is 2. The van der Waals surface area contributed by atoms with Crippen LogP contribution in [0.1, 0.15) is 19.3 Å². The van der Waals surface area contributed by atoms with Gasteiger partial charge in [0.2, 0.25) is 0 Å². The molecule has 0 aliphatic heterocycles. The smallest absolute Gasteiger partial charge is 0.0659 e. The Hall–Kier alpha value is -0.480. The van der Waals surface area contributed by atoms with Crippen molar-refractivity contribution in [1.29, 1.82) is 5.26 Å². The Morgan fingerprint density at radius 3 is 3.00 bits per heavy atom. The molecular formula is C7H8ClN. The van der Waals surface area contributed by atoms with Crippen LogP contribution in [0.3, 0.4) is 0 Å². The van der Waals surface area contributed by atoms with Gasteiger partial charge in [-0.2, -0.15) is 5.26 Å². The van der Waals surface area contributed by atoms with Crippen molar-refractivity contribution < 1.29 is 0 Å². The van der Waals surface area contributed by atoms with Crippen LogP contribution in [0.25, 0.3) is 0 Å². The second-order valence-corrected chi connectivity index (χ2v) is 2.74. The van der Waals surface area contributed by atoms with Gasteiger partial charge in [0.15, 0.2) is 0 Å². The summed E-state index contributed by atoms with van der Waals surface area (Å²) < 4.78 is 0. The average Bonchev–Trinajstić information content (AvgIpc) is 1.90. The molecule has 0 heterocycles. The van der Waals surface area contributed by atoms with Crippen LogP contribution in [0.15, 0.2) is 11.1 Å². The lowest BCUT2D eigenvalue weighted by Gasteiger charge is -2.10. The Labute approximate surface area is 59.9 Å². The van der Waals surface area contributed by atoms with E-state index in [9.17, 15) is 0 Å². The maximum atomic E-state index is 8.45. The first-order chi connectivity index (χ1) is 4.33. The quantitative estimate of drug-likeness (QED) is 0.508. The molecule has 1 rings (SSSR count). The largest absolute Gasteiger partial charge is 0.198 e. The number of nitrogens with zero attached hydrogens (tertiary/aromatic N) is 1. The molecule has 0 aromatic heterocycles. The summed E-state index contributed by atoms with van der Waals surface area (Å²) in [5, 5.41) is 9.37. The Morgan fingerprint density at radius 1 is 1.78 bits per heavy atom. The van der Waals surface area contributed by atoms with Gasteiger partial charge < -0.3 is 0 Å². The zero-order valence-corrected chi connectivity index (χ0v) is 5.86. The molecule has 2 heteroatoms. The van der Waals surface area contributed by atoms with Crippen LogP contribution in [0.4, 0.5) is 0 Å². The minimum absolute atomic E-state index is 0.215. The van der Waals surface area contributed by atoms with E-state index in [1.807, 2.05) is 6.08 Å². The van der Waals surface area contributed by atoms with Gasteiger partial charge in [0, 0.05) is 5.03 Å². The van der Waals surface area contributed by atoms with Gasteiger partial charge in [-0.15, -0.1) is 0 Å². The van der Waals surface area contributed by atoms with Gasteiger partial charge in [-0.1, -0.05) is 17.7 Å². The van der Waals surface area contributed by atoms with Gasteiger partial charge >= 0.3 is 0 Å². The van der Waals surface area contributed by atoms with Crippen LogP contribution >= 0.6 is 11.6 Å². The predicted octanol–water partition coefficient (Wildman–Crippen LogP) is 2.43. The van der Waals surface area contributed by atoms with E-state index in [1.165, 1.54) is 0 Å². The molecule has 48 valence electrons. The topological polar surface area (TPSA) is 23.8 Å². The summed E-state index contributed by atoms with van der Waals surface area (Å²) >= 11 is 5.69. The van der Waals surface area contributed by atoms with Crippen LogP contribution in [0, 0.1) is 17.2 Å². The molecule has 1 unspecified atom stereocenters. The number of hydrogen-bond donors (Lipinski definition) is 0. The summed E-state index contributed by atoms with van der Waals surface area (Å²) in [7, 11) is 0. The highest BCUT2D eigenvalue weighted by Gasteiger charge is 2.11. The maximum Gasteiger partial charge on any atom is 0.0659 e. The monoisotopic (exact) mass is 141 g/mol. The van der Waals surface area contributed by atoms with Crippen LogP contribution in [0.5, 0.6) is 0 Å². The fourth-order valence-corrected chi connectivity index (χ4v) is 1.12. The standard InChI is InChI=1S/C7H8ClN/c8-7-3-1-6(5-9)2-4-7/h3,6H,1-2,4H2. The third-order valence-corrected chi connectivity index (χ3v) is 1.88. The summed E-state index contributed by atoms with van der Waals surface area (Å²) in [4.78, 5) is 0. The average molecular weight is 142 g/mol. The van der Waals surface area contributed by atoms with Crippen molar-refractivity contribution in [3.63, 3.8) is 0 Å². The first-order valence-electron chi connectivity index (χ1n) is 3.07. The molecule has 0 N–H and O–H groups in total. The summed E-state index contributed by atoms with van der Waals surface area (Å²) in [5.74, 6) is 0.215. The van der Waals surface area contributed by atoms with Gasteiger partial charge in [-0.3, -0.25) is 0 Å². The van der Waals surface area contributed by atoms with Crippen LogP contribution < -0.4 is 0 Å². The molecule has 1 aliphatic carbocycles. The van der Waals surface area contributed by atoms with E-state index in [1.54, 1.807) is 0 Å². The summed E-state index contributed by atoms with van der Waals surface area (Å²) in [6.45, 7) is 0. The highest BCUT2D eigenvalue weighted by molar-refractivity contribution is 6.29. The van der Waals surface area contributed by atoms with E-state index in [0.717, 1.165) is 24.3 Å². The molecule has 1 atom stereocenters. The molecule has 0 bridgehead atoms. The van der Waals surface area contributed by atoms with Crippen molar-refractivity contribution in [2.75, 3.05) is 0 Å². The van der Waals surface area contributed by atoms with E-state index < -0.39 is 0 Å². The summed E-state index contributed by atoms with van der Waals surface area (Å²) in [6, 6.07) is 2.22. The third-order valence-electron chi connectivity index (χ3n) is 1.54. The van der Waals surface area contributed by atoms with Gasteiger partial charge in [0.05, 0.1) is 12.0 Å². The lowest BCUT2D eigenvalue weighted by molar-refractivity contribution is 0.591. The lowest BCUT2D eigenvalue weighted by Crippen LogP contribution is -1.99. The minimum atomic E-state index is 0.215. The van der Waals surface area contributed by atoms with Gasteiger partial charge in [0.1, 0.15) is 0 Å². The second-order valence-electron chi connectivity index (χ2n) is 2.25. The van der Waals surface area contributed by atoms with Crippen molar-refractivity contribution >= 4 is 11.6 Å². The number of hydrogen-bond acceptors (Lipinski definition) is 1. The highest BCUT2D eigenvalue weighted by Crippen LogP contribution is 2.24. The predicted molar refractivity (Wildman–Crippen MR) is 36.9 cm³/mol. The molecular weight excluding hydrogens is 134 g/mol. The molecule has 1 aliphatic rings. The summed E-state index contributed by atoms with van der Waals surface area (Å²) in [5.41, 5.74) is 0. The Balaban J connectivity index is 2.48. The number of halogens is 1. The fourth-order valence-electron chi connectivity index (χ4n) is 0.919. The van der Waals surface area contributed by atoms with E-state index in [0.29, 0.717) is 0 Å². The molecule has 0 fully saturated rings. The summed E-state index contributed by atoms with van der Waals surface area (Å²) in [6.07, 6.45) is 4.61. The van der Waals surface area contributed by atoms with Crippen LogP contribution in [-0.2, 0) is 0 Å². The molecule has 0 amide bonds. The molecule has 9 heavy (non-hydrogen) atoms. The lowest BCUT2D eigenvalue weighted by atomic mass is 9.96. The molecule has 0 saturated carbocycles. The van der Waals surface area contributed by atoms with Crippen LogP contribution in [0.2, 0.25) is 0 Å². The van der Waals surface area contributed by atoms with Crippen molar-refractivity contribution in [3.05, 3.63) is 11.1 Å². The van der Waals surface area contributed by atoms with Gasteiger partial charge in [0.25, 0.3) is 0 Å². The molecule has 0 aromatic rings. The van der Waals surface area contributed by atoms with E-state index in [-0.39, 0.29) is 5.92 Å². The van der Waals surface area contributed by atoms with Gasteiger partial charge in [-0.05, 0) is 19.3 Å². The van der Waals surface area contributed by atoms with Crippen LogP contribution in [-0.4, -0.2) is 0 Å². The van der Waals surface area contributed by atoms with E-state index >= 15 is 0 Å². The van der Waals surface area contributed by atoms with Crippen molar-refractivity contribution in [3.8, 4) is 6.07 Å². The zero-order chi connectivity index (χ0) is 6.69. The van der Waals surface area contributed by atoms with E-state index in [4.69, 9.17) is 16.9 Å². The second kappa shape index (κ2) is 2.89. The minimum Gasteiger partial charge on any atom is -0.198 e. The first-order valence-corrected chi connectivity index (χ1v) is 3.45. The van der Waals surface area contributed by atoms with Gasteiger partial charge in [-0.25, -0.2) is 0 Å². The fraction of sp³-hybridized carbons (Fsp3) is 0.571. The number of nitriles is 1. The van der Waals surface area contributed by atoms with Crippen molar-refractivity contribution in [2.45, 2.75) is 19.3 Å². The SMILES string of the molecule is N#CC1CC=C(Cl)CC1. The first kappa shape index (κ1) is 6.64.